The van der Waals surface area contributed by atoms with Crippen LogP contribution in [0.15, 0.2) is 156 Å². The van der Waals surface area contributed by atoms with Gasteiger partial charge in [0, 0.05) is 27.8 Å². The average Bonchev–Trinajstić information content (AvgIpc) is 3.37. The Bertz CT molecular complexity index is 2170. The zero-order chi connectivity index (χ0) is 26.5. The first-order valence-corrected chi connectivity index (χ1v) is 13.6. The molecular weight excluding hydrogens is 486 g/mol. The van der Waals surface area contributed by atoms with Crippen molar-refractivity contribution in [2.24, 2.45) is 0 Å². The number of benzene rings is 7. The molecule has 0 aliphatic heterocycles. The Morgan fingerprint density at radius 1 is 0.350 bits per heavy atom. The molecule has 0 aliphatic rings. The van der Waals surface area contributed by atoms with Gasteiger partial charge < -0.3 is 9.32 Å². The van der Waals surface area contributed by atoms with Crippen molar-refractivity contribution >= 4 is 60.5 Å². The summed E-state index contributed by atoms with van der Waals surface area (Å²) < 4.78 is 6.32. The molecule has 0 amide bonds. The average molecular weight is 512 g/mol. The highest BCUT2D eigenvalue weighted by molar-refractivity contribution is 6.11. The number of furan rings is 1. The quantitative estimate of drug-likeness (QED) is 0.234. The minimum atomic E-state index is 0.894. The molecule has 0 bridgehead atoms. The molecule has 0 saturated heterocycles. The van der Waals surface area contributed by atoms with E-state index in [1.54, 1.807) is 0 Å². The summed E-state index contributed by atoms with van der Waals surface area (Å²) in [6, 6.07) is 53.9. The van der Waals surface area contributed by atoms with Crippen LogP contribution in [0.1, 0.15) is 0 Å². The van der Waals surface area contributed by atoms with Crippen LogP contribution in [0.4, 0.5) is 17.1 Å². The molecule has 0 radical (unpaired) electrons. The van der Waals surface area contributed by atoms with Gasteiger partial charge in [0.05, 0.1) is 0 Å². The first-order valence-electron chi connectivity index (χ1n) is 13.6. The highest BCUT2D eigenvalue weighted by Gasteiger charge is 2.17. The highest BCUT2D eigenvalue weighted by Crippen LogP contribution is 2.41. The molecule has 7 aromatic carbocycles. The van der Waals surface area contributed by atoms with E-state index in [1.807, 2.05) is 0 Å². The summed E-state index contributed by atoms with van der Waals surface area (Å²) in [5, 5.41) is 7.09. The van der Waals surface area contributed by atoms with Gasteiger partial charge in [0.1, 0.15) is 11.2 Å². The second kappa shape index (κ2) is 9.14. The fourth-order valence-electron chi connectivity index (χ4n) is 5.81. The number of hydrogen-bond acceptors (Lipinski definition) is 2. The number of hydrogen-bond donors (Lipinski definition) is 0. The van der Waals surface area contributed by atoms with Crippen molar-refractivity contribution in [3.8, 4) is 11.1 Å². The van der Waals surface area contributed by atoms with Gasteiger partial charge in [-0.3, -0.25) is 0 Å². The topological polar surface area (TPSA) is 16.4 Å². The van der Waals surface area contributed by atoms with Crippen LogP contribution in [-0.2, 0) is 0 Å². The van der Waals surface area contributed by atoms with Crippen molar-refractivity contribution < 1.29 is 4.42 Å². The molecule has 0 fully saturated rings. The summed E-state index contributed by atoms with van der Waals surface area (Å²) in [7, 11) is 0. The van der Waals surface area contributed by atoms with Crippen molar-refractivity contribution in [3.63, 3.8) is 0 Å². The predicted octanol–water partition coefficient (Wildman–Crippen LogP) is 11.0. The summed E-state index contributed by atoms with van der Waals surface area (Å²) in [4.78, 5) is 2.35. The Morgan fingerprint density at radius 3 is 1.77 bits per heavy atom. The summed E-state index contributed by atoms with van der Waals surface area (Å²) >= 11 is 0. The second-order valence-corrected chi connectivity index (χ2v) is 10.3. The van der Waals surface area contributed by atoms with Crippen LogP contribution in [-0.4, -0.2) is 0 Å². The van der Waals surface area contributed by atoms with E-state index < -0.39 is 0 Å². The van der Waals surface area contributed by atoms with Gasteiger partial charge in [-0.1, -0.05) is 97.1 Å². The second-order valence-electron chi connectivity index (χ2n) is 10.3. The monoisotopic (exact) mass is 511 g/mol. The van der Waals surface area contributed by atoms with E-state index in [0.29, 0.717) is 0 Å². The SMILES string of the molecule is c1ccc(-c2cccc(N(c3ccc4ccccc4c3)c3ccc4oc5cc6ccccc6cc5c4c3)c2)cc1. The lowest BCUT2D eigenvalue weighted by atomic mass is 10.0. The van der Waals surface area contributed by atoms with Gasteiger partial charge in [0.15, 0.2) is 0 Å². The maximum Gasteiger partial charge on any atom is 0.136 e. The number of rotatable bonds is 4. The van der Waals surface area contributed by atoms with Crippen LogP contribution in [0.5, 0.6) is 0 Å². The minimum absolute atomic E-state index is 0.894. The molecule has 1 heterocycles. The Kier molecular flexibility index (Phi) is 5.17. The normalized spacial score (nSPS) is 11.5. The molecular formula is C38H25NO. The van der Waals surface area contributed by atoms with Crippen LogP contribution in [0.2, 0.25) is 0 Å². The Labute approximate surface area is 232 Å². The third-order valence-electron chi connectivity index (χ3n) is 7.78. The highest BCUT2D eigenvalue weighted by atomic mass is 16.3. The van der Waals surface area contributed by atoms with Crippen LogP contribution < -0.4 is 4.90 Å². The Hall–Kier alpha value is -5.34. The molecule has 2 heteroatoms. The van der Waals surface area contributed by atoms with E-state index in [1.165, 1.54) is 32.7 Å². The van der Waals surface area contributed by atoms with Gasteiger partial charge in [0.25, 0.3) is 0 Å². The molecule has 0 unspecified atom stereocenters. The van der Waals surface area contributed by atoms with Gasteiger partial charge in [-0.25, -0.2) is 0 Å². The molecule has 40 heavy (non-hydrogen) atoms. The lowest BCUT2D eigenvalue weighted by Crippen LogP contribution is -2.10. The van der Waals surface area contributed by atoms with Crippen LogP contribution in [0, 0.1) is 0 Å². The van der Waals surface area contributed by atoms with Crippen LogP contribution >= 0.6 is 0 Å². The summed E-state index contributed by atoms with van der Waals surface area (Å²) in [5.74, 6) is 0. The van der Waals surface area contributed by atoms with E-state index in [4.69, 9.17) is 4.42 Å². The van der Waals surface area contributed by atoms with E-state index in [9.17, 15) is 0 Å². The lowest BCUT2D eigenvalue weighted by Gasteiger charge is -2.26. The number of anilines is 3. The lowest BCUT2D eigenvalue weighted by molar-refractivity contribution is 0.669. The fraction of sp³-hybridized carbons (Fsp3) is 0. The van der Waals surface area contributed by atoms with E-state index >= 15 is 0 Å². The van der Waals surface area contributed by atoms with Crippen molar-refractivity contribution in [2.45, 2.75) is 0 Å². The summed E-state index contributed by atoms with van der Waals surface area (Å²) in [6.07, 6.45) is 0. The zero-order valence-corrected chi connectivity index (χ0v) is 21.8. The van der Waals surface area contributed by atoms with Crippen molar-refractivity contribution in [2.75, 3.05) is 4.90 Å². The molecule has 8 aromatic rings. The summed E-state index contributed by atoms with van der Waals surface area (Å²) in [5.41, 5.74) is 7.50. The standard InChI is InChI=1S/C38H25NO/c1-2-9-26(10-3-1)29-15-8-16-32(21-29)39(33-18-17-27-11-4-5-12-28(27)22-33)34-19-20-37-36(25-34)35-23-30-13-6-7-14-31(30)24-38(35)40-37/h1-25H. The third-order valence-corrected chi connectivity index (χ3v) is 7.78. The Morgan fingerprint density at radius 2 is 0.950 bits per heavy atom. The fourth-order valence-corrected chi connectivity index (χ4v) is 5.81. The van der Waals surface area contributed by atoms with Crippen LogP contribution in [0.25, 0.3) is 54.6 Å². The van der Waals surface area contributed by atoms with Gasteiger partial charge >= 0.3 is 0 Å². The smallest absolute Gasteiger partial charge is 0.136 e. The van der Waals surface area contributed by atoms with Gasteiger partial charge in [-0.2, -0.15) is 0 Å². The van der Waals surface area contributed by atoms with Crippen molar-refractivity contribution in [3.05, 3.63) is 152 Å². The first-order chi connectivity index (χ1) is 19.8. The molecule has 0 saturated carbocycles. The molecule has 8 rings (SSSR count). The summed E-state index contributed by atoms with van der Waals surface area (Å²) in [6.45, 7) is 0. The maximum absolute atomic E-state index is 6.32. The first kappa shape index (κ1) is 22.6. The molecule has 0 atom stereocenters. The van der Waals surface area contributed by atoms with Gasteiger partial charge in [-0.05, 0) is 87.3 Å². The maximum atomic E-state index is 6.32. The minimum Gasteiger partial charge on any atom is -0.456 e. The molecule has 0 spiro atoms. The van der Waals surface area contributed by atoms with E-state index in [-0.39, 0.29) is 0 Å². The van der Waals surface area contributed by atoms with Gasteiger partial charge in [-0.15, -0.1) is 0 Å². The number of nitrogens with zero attached hydrogens (tertiary/aromatic N) is 1. The largest absolute Gasteiger partial charge is 0.456 e. The molecule has 0 aliphatic carbocycles. The number of fused-ring (bicyclic) bond motifs is 5. The Balaban J connectivity index is 1.35. The molecule has 0 N–H and O–H groups in total. The zero-order valence-electron chi connectivity index (χ0n) is 21.8. The van der Waals surface area contributed by atoms with Crippen LogP contribution in [0.3, 0.4) is 0 Å². The van der Waals surface area contributed by atoms with E-state index in [0.717, 1.165) is 39.0 Å². The third kappa shape index (κ3) is 3.81. The molecule has 188 valence electrons. The van der Waals surface area contributed by atoms with Gasteiger partial charge in [0.2, 0.25) is 0 Å². The van der Waals surface area contributed by atoms with E-state index in [2.05, 4.69) is 157 Å². The van der Waals surface area contributed by atoms with Crippen molar-refractivity contribution in [1.82, 2.24) is 0 Å². The predicted molar refractivity (Wildman–Crippen MR) is 169 cm³/mol. The molecule has 2 nitrogen and oxygen atoms in total. The van der Waals surface area contributed by atoms with Crippen molar-refractivity contribution in [1.29, 1.82) is 0 Å². The molecule has 1 aromatic heterocycles.